The van der Waals surface area contributed by atoms with Crippen LogP contribution in [0.4, 0.5) is 5.13 Å². The number of hydrogen-bond donors (Lipinski definition) is 1. The molecule has 2 aromatic carbocycles. The highest BCUT2D eigenvalue weighted by Crippen LogP contribution is 2.37. The number of halogens is 2. The molecule has 3 aromatic rings. The standard InChI is InChI=1S/C15H10Cl2N2O2S/c1-21-11-7-6-10(17)13-12(11)18-15(22-13)19-14(20)8-2-4-9(16)5-3-8/h2-7H,1H3,(H,18,19,20). The summed E-state index contributed by atoms with van der Waals surface area (Å²) in [4.78, 5) is 16.6. The molecule has 0 aliphatic rings. The van der Waals surface area contributed by atoms with Crippen molar-refractivity contribution in [2.45, 2.75) is 0 Å². The first-order valence-corrected chi connectivity index (χ1v) is 7.85. The highest BCUT2D eigenvalue weighted by atomic mass is 35.5. The summed E-state index contributed by atoms with van der Waals surface area (Å²) in [6.45, 7) is 0. The van der Waals surface area contributed by atoms with E-state index >= 15 is 0 Å². The van der Waals surface area contributed by atoms with E-state index in [0.717, 1.165) is 4.70 Å². The fraction of sp³-hybridized carbons (Fsp3) is 0.0667. The minimum Gasteiger partial charge on any atom is -0.494 e. The molecule has 1 aromatic heterocycles. The van der Waals surface area contributed by atoms with Gasteiger partial charge in [0.05, 0.1) is 16.8 Å². The molecule has 0 atom stereocenters. The number of thiazole rings is 1. The average Bonchev–Trinajstić information content (AvgIpc) is 2.93. The second kappa shape index (κ2) is 6.12. The zero-order valence-corrected chi connectivity index (χ0v) is 13.7. The van der Waals surface area contributed by atoms with Gasteiger partial charge in [-0.05, 0) is 36.4 Å². The minimum atomic E-state index is -0.259. The van der Waals surface area contributed by atoms with E-state index in [0.29, 0.717) is 32.0 Å². The van der Waals surface area contributed by atoms with Crippen molar-refractivity contribution >= 4 is 55.8 Å². The number of benzene rings is 2. The summed E-state index contributed by atoms with van der Waals surface area (Å²) in [6, 6.07) is 10.1. The molecule has 0 fully saturated rings. The summed E-state index contributed by atoms with van der Waals surface area (Å²) in [6.07, 6.45) is 0. The molecule has 1 N–H and O–H groups in total. The van der Waals surface area contributed by atoms with E-state index in [1.54, 1.807) is 43.5 Å². The Morgan fingerprint density at radius 3 is 2.59 bits per heavy atom. The molecular weight excluding hydrogens is 343 g/mol. The van der Waals surface area contributed by atoms with Crippen molar-refractivity contribution in [2.75, 3.05) is 12.4 Å². The number of aromatic nitrogens is 1. The first-order valence-electron chi connectivity index (χ1n) is 6.28. The van der Waals surface area contributed by atoms with Gasteiger partial charge in [-0.15, -0.1) is 0 Å². The lowest BCUT2D eigenvalue weighted by molar-refractivity contribution is 0.102. The van der Waals surface area contributed by atoms with E-state index in [-0.39, 0.29) is 5.91 Å². The first kappa shape index (κ1) is 15.1. The monoisotopic (exact) mass is 352 g/mol. The molecule has 22 heavy (non-hydrogen) atoms. The van der Waals surface area contributed by atoms with Crippen molar-refractivity contribution in [3.63, 3.8) is 0 Å². The van der Waals surface area contributed by atoms with Gasteiger partial charge < -0.3 is 4.74 Å². The molecule has 0 aliphatic carbocycles. The Hall–Kier alpha value is -1.82. The van der Waals surface area contributed by atoms with Crippen LogP contribution in [0.5, 0.6) is 5.75 Å². The van der Waals surface area contributed by atoms with E-state index in [1.165, 1.54) is 11.3 Å². The molecule has 0 radical (unpaired) electrons. The number of fused-ring (bicyclic) bond motifs is 1. The number of methoxy groups -OCH3 is 1. The summed E-state index contributed by atoms with van der Waals surface area (Å²) in [5.74, 6) is 0.355. The van der Waals surface area contributed by atoms with Crippen LogP contribution in [0.25, 0.3) is 10.2 Å². The molecular formula is C15H10Cl2N2O2S. The summed E-state index contributed by atoms with van der Waals surface area (Å²) in [7, 11) is 1.56. The Kier molecular flexibility index (Phi) is 4.20. The maximum atomic E-state index is 12.2. The van der Waals surface area contributed by atoms with Crippen LogP contribution in [0, 0.1) is 0 Å². The van der Waals surface area contributed by atoms with Crippen molar-refractivity contribution in [2.24, 2.45) is 0 Å². The minimum absolute atomic E-state index is 0.259. The van der Waals surface area contributed by atoms with E-state index in [9.17, 15) is 4.79 Å². The fourth-order valence-corrected chi connectivity index (χ4v) is 3.22. The lowest BCUT2D eigenvalue weighted by Crippen LogP contribution is -2.11. The van der Waals surface area contributed by atoms with E-state index < -0.39 is 0 Å². The van der Waals surface area contributed by atoms with Gasteiger partial charge in [0.1, 0.15) is 11.3 Å². The summed E-state index contributed by atoms with van der Waals surface area (Å²) in [5, 5.41) is 4.36. The molecule has 4 nitrogen and oxygen atoms in total. The van der Waals surface area contributed by atoms with Crippen LogP contribution >= 0.6 is 34.5 Å². The van der Waals surface area contributed by atoms with Crippen LogP contribution in [-0.2, 0) is 0 Å². The van der Waals surface area contributed by atoms with Crippen LogP contribution in [0.2, 0.25) is 10.0 Å². The van der Waals surface area contributed by atoms with E-state index in [4.69, 9.17) is 27.9 Å². The third-order valence-electron chi connectivity index (χ3n) is 3.01. The number of hydrogen-bond acceptors (Lipinski definition) is 4. The number of amides is 1. The van der Waals surface area contributed by atoms with Gasteiger partial charge in [-0.25, -0.2) is 4.98 Å². The zero-order chi connectivity index (χ0) is 15.7. The van der Waals surface area contributed by atoms with Crippen molar-refractivity contribution in [3.8, 4) is 5.75 Å². The Morgan fingerprint density at radius 1 is 1.18 bits per heavy atom. The van der Waals surface area contributed by atoms with Gasteiger partial charge in [-0.2, -0.15) is 0 Å². The second-order valence-corrected chi connectivity index (χ2v) is 6.25. The molecule has 7 heteroatoms. The number of ether oxygens (including phenoxy) is 1. The Balaban J connectivity index is 1.92. The lowest BCUT2D eigenvalue weighted by Gasteiger charge is -2.01. The first-order chi connectivity index (χ1) is 10.6. The highest BCUT2D eigenvalue weighted by Gasteiger charge is 2.14. The molecule has 112 valence electrons. The molecule has 1 heterocycles. The van der Waals surface area contributed by atoms with Gasteiger partial charge in [-0.1, -0.05) is 34.5 Å². The van der Waals surface area contributed by atoms with Gasteiger partial charge >= 0.3 is 0 Å². The number of carbonyl (C=O) groups is 1. The lowest BCUT2D eigenvalue weighted by atomic mass is 10.2. The molecule has 0 saturated carbocycles. The third kappa shape index (κ3) is 2.88. The average molecular weight is 353 g/mol. The summed E-state index contributed by atoms with van der Waals surface area (Å²) >= 11 is 13.3. The van der Waals surface area contributed by atoms with Gasteiger partial charge in [0.2, 0.25) is 0 Å². The predicted octanol–water partition coefficient (Wildman–Crippen LogP) is 4.86. The van der Waals surface area contributed by atoms with Crippen LogP contribution in [0.1, 0.15) is 10.4 Å². The molecule has 0 bridgehead atoms. The fourth-order valence-electron chi connectivity index (χ4n) is 1.94. The van der Waals surface area contributed by atoms with E-state index in [2.05, 4.69) is 10.3 Å². The number of nitrogens with one attached hydrogen (secondary N) is 1. The van der Waals surface area contributed by atoms with Crippen molar-refractivity contribution in [1.29, 1.82) is 0 Å². The molecule has 0 unspecified atom stereocenters. The topological polar surface area (TPSA) is 51.2 Å². The molecule has 0 spiro atoms. The second-order valence-electron chi connectivity index (χ2n) is 4.41. The number of carbonyl (C=O) groups excluding carboxylic acids is 1. The van der Waals surface area contributed by atoms with Crippen LogP contribution in [-0.4, -0.2) is 18.0 Å². The predicted molar refractivity (Wildman–Crippen MR) is 90.6 cm³/mol. The molecule has 0 aliphatic heterocycles. The van der Waals surface area contributed by atoms with Crippen molar-refractivity contribution in [3.05, 3.63) is 52.0 Å². The maximum Gasteiger partial charge on any atom is 0.257 e. The smallest absolute Gasteiger partial charge is 0.257 e. The van der Waals surface area contributed by atoms with E-state index in [1.807, 2.05) is 0 Å². The van der Waals surface area contributed by atoms with Gasteiger partial charge in [-0.3, -0.25) is 10.1 Å². The van der Waals surface area contributed by atoms with Gasteiger partial charge in [0.15, 0.2) is 5.13 Å². The highest BCUT2D eigenvalue weighted by molar-refractivity contribution is 7.23. The Labute approximate surface area is 140 Å². The third-order valence-corrected chi connectivity index (χ3v) is 4.69. The van der Waals surface area contributed by atoms with Gasteiger partial charge in [0.25, 0.3) is 5.91 Å². The SMILES string of the molecule is COc1ccc(Cl)c2sc(NC(=O)c3ccc(Cl)cc3)nc12. The summed E-state index contributed by atoms with van der Waals surface area (Å²) in [5.41, 5.74) is 1.13. The number of anilines is 1. The number of nitrogens with zero attached hydrogens (tertiary/aromatic N) is 1. The van der Waals surface area contributed by atoms with Gasteiger partial charge in [0, 0.05) is 10.6 Å². The van der Waals surface area contributed by atoms with Crippen molar-refractivity contribution in [1.82, 2.24) is 4.98 Å². The van der Waals surface area contributed by atoms with Crippen molar-refractivity contribution < 1.29 is 9.53 Å². The summed E-state index contributed by atoms with van der Waals surface area (Å²) < 4.78 is 6.03. The molecule has 0 saturated heterocycles. The largest absolute Gasteiger partial charge is 0.494 e. The molecule has 1 amide bonds. The zero-order valence-electron chi connectivity index (χ0n) is 11.4. The Morgan fingerprint density at radius 2 is 1.91 bits per heavy atom. The normalized spacial score (nSPS) is 10.7. The maximum absolute atomic E-state index is 12.2. The molecule has 3 rings (SSSR count). The quantitative estimate of drug-likeness (QED) is 0.731. The Bertz CT molecular complexity index is 847. The van der Waals surface area contributed by atoms with Crippen LogP contribution in [0.15, 0.2) is 36.4 Å². The number of rotatable bonds is 3. The van der Waals surface area contributed by atoms with Crippen LogP contribution < -0.4 is 10.1 Å². The van der Waals surface area contributed by atoms with Crippen LogP contribution in [0.3, 0.4) is 0 Å².